The van der Waals surface area contributed by atoms with Crippen LogP contribution in [0.15, 0.2) is 33.5 Å². The van der Waals surface area contributed by atoms with Crippen LogP contribution >= 0.6 is 0 Å². The lowest BCUT2D eigenvalue weighted by molar-refractivity contribution is -0.137. The van der Waals surface area contributed by atoms with Crippen molar-refractivity contribution in [3.63, 3.8) is 0 Å². The summed E-state index contributed by atoms with van der Waals surface area (Å²) in [5.74, 6) is -1.03. The number of ether oxygens (including phenoxy) is 1. The van der Waals surface area contributed by atoms with Crippen LogP contribution in [0.2, 0.25) is 0 Å². The van der Waals surface area contributed by atoms with Crippen LogP contribution in [-0.2, 0) is 9.59 Å². The molecule has 7 nitrogen and oxygen atoms in total. The van der Waals surface area contributed by atoms with Crippen LogP contribution in [0.4, 0.5) is 0 Å². The van der Waals surface area contributed by atoms with Crippen LogP contribution in [0.25, 0.3) is 11.0 Å². The summed E-state index contributed by atoms with van der Waals surface area (Å²) in [5.41, 5.74) is 0.728. The molecule has 2 aromatic rings. The number of amides is 1. The second-order valence-electron chi connectivity index (χ2n) is 4.69. The molecule has 1 aromatic carbocycles. The Labute approximate surface area is 125 Å². The Morgan fingerprint density at radius 2 is 2.09 bits per heavy atom. The molecule has 1 aromatic heterocycles. The number of fused-ring (bicyclic) bond motifs is 1. The zero-order valence-electron chi connectivity index (χ0n) is 11.9. The van der Waals surface area contributed by atoms with E-state index in [-0.39, 0.29) is 19.6 Å². The number of carbonyl (C=O) groups is 2. The maximum Gasteiger partial charge on any atom is 0.336 e. The molecule has 0 atom stereocenters. The fraction of sp³-hybridized carbons (Fsp3) is 0.267. The average Bonchev–Trinajstić information content (AvgIpc) is 2.44. The highest BCUT2D eigenvalue weighted by atomic mass is 16.5. The van der Waals surface area contributed by atoms with Gasteiger partial charge in [0.1, 0.15) is 11.3 Å². The molecule has 2 N–H and O–H groups in total. The van der Waals surface area contributed by atoms with Crippen molar-refractivity contribution < 1.29 is 23.8 Å². The van der Waals surface area contributed by atoms with Crippen LogP contribution in [0.3, 0.4) is 0 Å². The highest BCUT2D eigenvalue weighted by Gasteiger charge is 2.07. The Bertz CT molecular complexity index is 764. The number of carboxylic acid groups (broad SMARTS) is 1. The topological polar surface area (TPSA) is 106 Å². The van der Waals surface area contributed by atoms with Gasteiger partial charge in [-0.2, -0.15) is 0 Å². The fourth-order valence-corrected chi connectivity index (χ4v) is 1.90. The van der Waals surface area contributed by atoms with E-state index in [0.29, 0.717) is 11.3 Å². The molecule has 0 aliphatic rings. The Kier molecular flexibility index (Phi) is 4.77. The largest absolute Gasteiger partial charge is 0.484 e. The molecule has 0 bridgehead atoms. The quantitative estimate of drug-likeness (QED) is 0.773. The first-order valence-corrected chi connectivity index (χ1v) is 6.61. The molecule has 0 fully saturated rings. The number of hydrogen-bond donors (Lipinski definition) is 2. The number of nitrogens with one attached hydrogen (secondary N) is 1. The lowest BCUT2D eigenvalue weighted by Gasteiger charge is -2.08. The molecule has 0 aliphatic carbocycles. The Hall–Kier alpha value is -2.83. The van der Waals surface area contributed by atoms with Gasteiger partial charge >= 0.3 is 11.6 Å². The van der Waals surface area contributed by atoms with E-state index in [4.69, 9.17) is 14.3 Å². The van der Waals surface area contributed by atoms with E-state index in [1.807, 2.05) is 0 Å². The minimum absolute atomic E-state index is 0.0450. The SMILES string of the molecule is Cc1cc(=O)oc2cc(OCC(=O)NCCC(=O)O)ccc12. The van der Waals surface area contributed by atoms with E-state index < -0.39 is 17.5 Å². The molecule has 22 heavy (non-hydrogen) atoms. The highest BCUT2D eigenvalue weighted by Crippen LogP contribution is 2.22. The van der Waals surface area contributed by atoms with Crippen molar-refractivity contribution in [3.05, 3.63) is 40.2 Å². The molecule has 1 amide bonds. The lowest BCUT2D eigenvalue weighted by Crippen LogP contribution is -2.30. The maximum absolute atomic E-state index is 11.5. The van der Waals surface area contributed by atoms with E-state index in [1.165, 1.54) is 12.1 Å². The normalized spacial score (nSPS) is 10.4. The fourth-order valence-electron chi connectivity index (χ4n) is 1.90. The van der Waals surface area contributed by atoms with Crippen molar-refractivity contribution in [2.24, 2.45) is 0 Å². The lowest BCUT2D eigenvalue weighted by atomic mass is 10.1. The van der Waals surface area contributed by atoms with Crippen molar-refractivity contribution >= 4 is 22.8 Å². The number of hydrogen-bond acceptors (Lipinski definition) is 5. The van der Waals surface area contributed by atoms with Crippen LogP contribution in [0.5, 0.6) is 5.75 Å². The summed E-state index contributed by atoms with van der Waals surface area (Å²) in [4.78, 5) is 33.1. The van der Waals surface area contributed by atoms with Crippen molar-refractivity contribution in [2.45, 2.75) is 13.3 Å². The summed E-state index contributed by atoms with van der Waals surface area (Å²) in [6.45, 7) is 1.60. The highest BCUT2D eigenvalue weighted by molar-refractivity contribution is 5.82. The molecule has 0 saturated carbocycles. The molecule has 1 heterocycles. The third-order valence-corrected chi connectivity index (χ3v) is 2.95. The summed E-state index contributed by atoms with van der Waals surface area (Å²) >= 11 is 0. The van der Waals surface area contributed by atoms with Gasteiger partial charge in [0.05, 0.1) is 6.42 Å². The van der Waals surface area contributed by atoms with Crippen LogP contribution < -0.4 is 15.7 Å². The first kappa shape index (κ1) is 15.6. The minimum atomic E-state index is -0.985. The molecule has 0 radical (unpaired) electrons. The summed E-state index contributed by atoms with van der Waals surface area (Å²) in [7, 11) is 0. The van der Waals surface area contributed by atoms with Gasteiger partial charge in [0.25, 0.3) is 5.91 Å². The molecular formula is C15H15NO6. The molecular weight excluding hydrogens is 290 g/mol. The average molecular weight is 305 g/mol. The molecule has 0 aliphatic heterocycles. The standard InChI is InChI=1S/C15H15NO6/c1-9-6-15(20)22-12-7-10(2-3-11(9)12)21-8-13(17)16-5-4-14(18)19/h2-3,6-7H,4-5,8H2,1H3,(H,16,17)(H,18,19). The van der Waals surface area contributed by atoms with Crippen molar-refractivity contribution in [2.75, 3.05) is 13.2 Å². The van der Waals surface area contributed by atoms with Gasteiger partial charge in [-0.25, -0.2) is 4.79 Å². The zero-order chi connectivity index (χ0) is 16.1. The molecule has 0 spiro atoms. The summed E-state index contributed by atoms with van der Waals surface area (Å²) in [6, 6.07) is 6.35. The summed E-state index contributed by atoms with van der Waals surface area (Å²) < 4.78 is 10.4. The van der Waals surface area contributed by atoms with Crippen LogP contribution in [-0.4, -0.2) is 30.1 Å². The molecule has 2 rings (SSSR count). The van der Waals surface area contributed by atoms with Gasteiger partial charge in [-0.15, -0.1) is 0 Å². The van der Waals surface area contributed by atoms with E-state index in [9.17, 15) is 14.4 Å². The van der Waals surface area contributed by atoms with E-state index >= 15 is 0 Å². The van der Waals surface area contributed by atoms with Crippen molar-refractivity contribution in [1.29, 1.82) is 0 Å². The van der Waals surface area contributed by atoms with Gasteiger partial charge in [0.15, 0.2) is 6.61 Å². The first-order valence-electron chi connectivity index (χ1n) is 6.61. The van der Waals surface area contributed by atoms with Crippen molar-refractivity contribution in [3.8, 4) is 5.75 Å². The predicted octanol–water partition coefficient (Wildman–Crippen LogP) is 1.07. The Morgan fingerprint density at radius 3 is 2.82 bits per heavy atom. The third kappa shape index (κ3) is 4.08. The number of carbonyl (C=O) groups excluding carboxylic acids is 1. The van der Waals surface area contributed by atoms with Crippen LogP contribution in [0.1, 0.15) is 12.0 Å². The van der Waals surface area contributed by atoms with Gasteiger partial charge in [-0.05, 0) is 24.6 Å². The second-order valence-corrected chi connectivity index (χ2v) is 4.69. The third-order valence-electron chi connectivity index (χ3n) is 2.95. The minimum Gasteiger partial charge on any atom is -0.484 e. The smallest absolute Gasteiger partial charge is 0.336 e. The number of rotatable bonds is 6. The summed E-state index contributed by atoms with van der Waals surface area (Å²) in [5, 5.41) is 11.7. The summed E-state index contributed by atoms with van der Waals surface area (Å²) in [6.07, 6.45) is -0.147. The van der Waals surface area contributed by atoms with Gasteiger partial charge in [-0.1, -0.05) is 0 Å². The van der Waals surface area contributed by atoms with E-state index in [0.717, 1.165) is 10.9 Å². The second kappa shape index (κ2) is 6.75. The van der Waals surface area contributed by atoms with Crippen molar-refractivity contribution in [1.82, 2.24) is 5.32 Å². The van der Waals surface area contributed by atoms with Gasteiger partial charge in [0, 0.05) is 24.1 Å². The maximum atomic E-state index is 11.5. The van der Waals surface area contributed by atoms with Gasteiger partial charge < -0.3 is 19.6 Å². The number of aliphatic carboxylic acids is 1. The zero-order valence-corrected chi connectivity index (χ0v) is 11.9. The number of carboxylic acids is 1. The Balaban J connectivity index is 1.99. The number of aryl methyl sites for hydroxylation is 1. The molecule has 116 valence electrons. The molecule has 0 saturated heterocycles. The molecule has 7 heteroatoms. The van der Waals surface area contributed by atoms with Crippen LogP contribution in [0, 0.1) is 6.92 Å². The Morgan fingerprint density at radius 1 is 1.32 bits per heavy atom. The monoisotopic (exact) mass is 305 g/mol. The first-order chi connectivity index (χ1) is 10.5. The van der Waals surface area contributed by atoms with Gasteiger partial charge in [0.2, 0.25) is 0 Å². The predicted molar refractivity (Wildman–Crippen MR) is 78.0 cm³/mol. The number of benzene rings is 1. The van der Waals surface area contributed by atoms with E-state index in [2.05, 4.69) is 5.32 Å². The van der Waals surface area contributed by atoms with E-state index in [1.54, 1.807) is 19.1 Å². The van der Waals surface area contributed by atoms with Gasteiger partial charge in [-0.3, -0.25) is 9.59 Å². The molecule has 0 unspecified atom stereocenters.